The highest BCUT2D eigenvalue weighted by Gasteiger charge is 2.01. The molecule has 0 fully saturated rings. The predicted octanol–water partition coefficient (Wildman–Crippen LogP) is 4.47. The van der Waals surface area contributed by atoms with E-state index >= 15 is 0 Å². The van der Waals surface area contributed by atoms with Crippen molar-refractivity contribution in [3.05, 3.63) is 65.7 Å². The van der Waals surface area contributed by atoms with Gasteiger partial charge < -0.3 is 4.90 Å². The molecule has 1 nitrogen and oxygen atoms in total. The Labute approximate surface area is 127 Å². The van der Waals surface area contributed by atoms with Crippen molar-refractivity contribution < 1.29 is 0 Å². The first-order chi connectivity index (χ1) is 9.78. The van der Waals surface area contributed by atoms with Gasteiger partial charge in [0.15, 0.2) is 0 Å². The minimum absolute atomic E-state index is 1.02. The predicted molar refractivity (Wildman–Crippen MR) is 89.3 cm³/mol. The van der Waals surface area contributed by atoms with Crippen LogP contribution in [0, 0.1) is 0 Å². The topological polar surface area (TPSA) is 3.24 Å². The number of hydrogen-bond acceptors (Lipinski definition) is 2. The minimum atomic E-state index is 1.02. The van der Waals surface area contributed by atoms with Crippen LogP contribution in [0.5, 0.6) is 0 Å². The fourth-order valence-corrected chi connectivity index (χ4v) is 2.87. The Kier molecular flexibility index (Phi) is 6.16. The second-order valence-electron chi connectivity index (χ2n) is 5.05. The second kappa shape index (κ2) is 8.13. The summed E-state index contributed by atoms with van der Waals surface area (Å²) in [7, 11) is 2.19. The fraction of sp³-hybridized carbons (Fsp3) is 0.333. The summed E-state index contributed by atoms with van der Waals surface area (Å²) >= 11 is 1.90. The Morgan fingerprint density at radius 3 is 2.25 bits per heavy atom. The number of benzene rings is 2. The van der Waals surface area contributed by atoms with E-state index in [0.717, 1.165) is 25.3 Å². The molecule has 0 amide bonds. The van der Waals surface area contributed by atoms with Crippen molar-refractivity contribution in [2.24, 2.45) is 0 Å². The smallest absolute Gasteiger partial charge is 0.0230 e. The lowest BCUT2D eigenvalue weighted by molar-refractivity contribution is 0.331. The van der Waals surface area contributed by atoms with E-state index in [2.05, 4.69) is 73.5 Å². The van der Waals surface area contributed by atoms with Gasteiger partial charge >= 0.3 is 0 Å². The third kappa shape index (κ3) is 5.03. The van der Waals surface area contributed by atoms with Gasteiger partial charge in [-0.1, -0.05) is 49.4 Å². The second-order valence-corrected chi connectivity index (χ2v) is 6.39. The highest BCUT2D eigenvalue weighted by atomic mass is 32.2. The molecule has 0 unspecified atom stereocenters. The molecule has 2 heteroatoms. The van der Waals surface area contributed by atoms with E-state index in [4.69, 9.17) is 0 Å². The number of hydrogen-bond donors (Lipinski definition) is 0. The van der Waals surface area contributed by atoms with Crippen LogP contribution in [-0.4, -0.2) is 24.2 Å². The summed E-state index contributed by atoms with van der Waals surface area (Å²) in [5.74, 6) is 1.14. The molecule has 20 heavy (non-hydrogen) atoms. The SMILES string of the molecule is CCSc1ccc(CN(C)CCc2ccccc2)cc1. The molecule has 0 saturated heterocycles. The number of thioether (sulfide) groups is 1. The zero-order valence-electron chi connectivity index (χ0n) is 12.4. The van der Waals surface area contributed by atoms with Crippen LogP contribution >= 0.6 is 11.8 Å². The quantitative estimate of drug-likeness (QED) is 0.690. The van der Waals surface area contributed by atoms with Gasteiger partial charge in [-0.15, -0.1) is 11.8 Å². The van der Waals surface area contributed by atoms with E-state index in [1.165, 1.54) is 16.0 Å². The van der Waals surface area contributed by atoms with E-state index in [9.17, 15) is 0 Å². The lowest BCUT2D eigenvalue weighted by Crippen LogP contribution is -2.20. The van der Waals surface area contributed by atoms with Gasteiger partial charge in [-0.2, -0.15) is 0 Å². The largest absolute Gasteiger partial charge is 0.302 e. The first-order valence-electron chi connectivity index (χ1n) is 7.22. The number of nitrogens with zero attached hydrogens (tertiary/aromatic N) is 1. The van der Waals surface area contributed by atoms with Crippen molar-refractivity contribution in [1.29, 1.82) is 0 Å². The Hall–Kier alpha value is -1.25. The average molecular weight is 285 g/mol. The molecule has 0 heterocycles. The van der Waals surface area contributed by atoms with Crippen LogP contribution in [0.25, 0.3) is 0 Å². The fourth-order valence-electron chi connectivity index (χ4n) is 2.21. The lowest BCUT2D eigenvalue weighted by Gasteiger charge is -2.17. The summed E-state index contributed by atoms with van der Waals surface area (Å²) < 4.78 is 0. The maximum atomic E-state index is 2.38. The maximum Gasteiger partial charge on any atom is 0.0230 e. The lowest BCUT2D eigenvalue weighted by atomic mass is 10.1. The van der Waals surface area contributed by atoms with Crippen LogP contribution < -0.4 is 0 Å². The normalized spacial score (nSPS) is 10.9. The maximum absolute atomic E-state index is 2.38. The monoisotopic (exact) mass is 285 g/mol. The molecule has 0 atom stereocenters. The van der Waals surface area contributed by atoms with Crippen molar-refractivity contribution in [3.63, 3.8) is 0 Å². The van der Waals surface area contributed by atoms with Gasteiger partial charge in [0.05, 0.1) is 0 Å². The van der Waals surface area contributed by atoms with E-state index in [0.29, 0.717) is 0 Å². The van der Waals surface area contributed by atoms with Gasteiger partial charge in [-0.05, 0) is 42.5 Å². The summed E-state index contributed by atoms with van der Waals surface area (Å²) in [5.41, 5.74) is 2.80. The molecule has 0 aliphatic rings. The summed E-state index contributed by atoms with van der Waals surface area (Å²) in [6, 6.07) is 19.6. The van der Waals surface area contributed by atoms with Crippen LogP contribution in [0.3, 0.4) is 0 Å². The van der Waals surface area contributed by atoms with E-state index < -0.39 is 0 Å². The van der Waals surface area contributed by atoms with Crippen LogP contribution in [0.4, 0.5) is 0 Å². The molecule has 0 aromatic heterocycles. The molecule has 0 saturated carbocycles. The summed E-state index contributed by atoms with van der Waals surface area (Å²) in [4.78, 5) is 3.75. The summed E-state index contributed by atoms with van der Waals surface area (Å²) in [5, 5.41) is 0. The van der Waals surface area contributed by atoms with Gasteiger partial charge in [-0.3, -0.25) is 0 Å². The molecule has 2 rings (SSSR count). The molecule has 2 aromatic carbocycles. The molecule has 0 bridgehead atoms. The first-order valence-corrected chi connectivity index (χ1v) is 8.20. The summed E-state index contributed by atoms with van der Waals surface area (Å²) in [6.07, 6.45) is 1.11. The first kappa shape index (κ1) is 15.1. The third-order valence-electron chi connectivity index (χ3n) is 3.31. The Morgan fingerprint density at radius 2 is 1.60 bits per heavy atom. The van der Waals surface area contributed by atoms with Gasteiger partial charge in [0.25, 0.3) is 0 Å². The molecule has 2 aromatic rings. The molecule has 0 radical (unpaired) electrons. The Balaban J connectivity index is 1.80. The van der Waals surface area contributed by atoms with E-state index in [1.54, 1.807) is 0 Å². The zero-order valence-corrected chi connectivity index (χ0v) is 13.2. The van der Waals surface area contributed by atoms with Crippen molar-refractivity contribution in [3.8, 4) is 0 Å². The molecule has 0 aliphatic carbocycles. The van der Waals surface area contributed by atoms with Gasteiger partial charge in [0.2, 0.25) is 0 Å². The highest BCUT2D eigenvalue weighted by molar-refractivity contribution is 7.99. The molecular formula is C18H23NS. The van der Waals surface area contributed by atoms with Gasteiger partial charge in [0, 0.05) is 18.0 Å². The Bertz CT molecular complexity index is 493. The molecule has 0 aliphatic heterocycles. The number of likely N-dealkylation sites (N-methyl/N-ethyl adjacent to an activating group) is 1. The molecule has 0 N–H and O–H groups in total. The van der Waals surface area contributed by atoms with Crippen molar-refractivity contribution >= 4 is 11.8 Å². The molecule has 0 spiro atoms. The van der Waals surface area contributed by atoms with Crippen LogP contribution in [0.1, 0.15) is 18.1 Å². The van der Waals surface area contributed by atoms with E-state index in [1.807, 2.05) is 11.8 Å². The highest BCUT2D eigenvalue weighted by Crippen LogP contribution is 2.18. The van der Waals surface area contributed by atoms with Crippen LogP contribution in [0.2, 0.25) is 0 Å². The van der Waals surface area contributed by atoms with Crippen LogP contribution in [-0.2, 0) is 13.0 Å². The molecular weight excluding hydrogens is 262 g/mol. The minimum Gasteiger partial charge on any atom is -0.302 e. The molecule has 106 valence electrons. The van der Waals surface area contributed by atoms with Gasteiger partial charge in [-0.25, -0.2) is 0 Å². The standard InChI is InChI=1S/C18H23NS/c1-3-20-18-11-9-17(10-12-18)15-19(2)14-13-16-7-5-4-6-8-16/h4-12H,3,13-15H2,1-2H3. The van der Waals surface area contributed by atoms with E-state index in [-0.39, 0.29) is 0 Å². The number of rotatable bonds is 7. The summed E-state index contributed by atoms with van der Waals surface area (Å²) in [6.45, 7) is 4.30. The average Bonchev–Trinajstić information content (AvgIpc) is 2.49. The zero-order chi connectivity index (χ0) is 14.2. The third-order valence-corrected chi connectivity index (χ3v) is 4.21. The van der Waals surface area contributed by atoms with Gasteiger partial charge in [0.1, 0.15) is 0 Å². The van der Waals surface area contributed by atoms with Crippen LogP contribution in [0.15, 0.2) is 59.5 Å². The Morgan fingerprint density at radius 1 is 0.900 bits per heavy atom. The van der Waals surface area contributed by atoms with Crippen molar-refractivity contribution in [2.45, 2.75) is 24.8 Å². The van der Waals surface area contributed by atoms with Crippen molar-refractivity contribution in [1.82, 2.24) is 4.90 Å². The van der Waals surface area contributed by atoms with Crippen molar-refractivity contribution in [2.75, 3.05) is 19.3 Å².